The Bertz CT molecular complexity index is 3340. The monoisotopic (exact) mass is 664 g/mol. The topological polar surface area (TPSA) is 43.6 Å². The highest BCUT2D eigenvalue weighted by Crippen LogP contribution is 2.41. The molecule has 4 nitrogen and oxygen atoms in total. The van der Waals surface area contributed by atoms with Crippen LogP contribution in [0.5, 0.6) is 0 Å². The van der Waals surface area contributed by atoms with Gasteiger partial charge in [0.2, 0.25) is 0 Å². The summed E-state index contributed by atoms with van der Waals surface area (Å²) < 4.78 is 71.9. The van der Waals surface area contributed by atoms with Crippen molar-refractivity contribution in [2.45, 2.75) is 0 Å². The molecule has 0 fully saturated rings. The van der Waals surface area contributed by atoms with Crippen molar-refractivity contribution in [3.63, 3.8) is 0 Å². The lowest BCUT2D eigenvalue weighted by Crippen LogP contribution is -2.03. The van der Waals surface area contributed by atoms with E-state index in [1.54, 1.807) is 12.1 Å². The Labute approximate surface area is 303 Å². The number of benzene rings is 7. The van der Waals surface area contributed by atoms with Gasteiger partial charge in [0.05, 0.1) is 27.7 Å². The molecule has 5 heteroatoms. The van der Waals surface area contributed by atoms with Crippen LogP contribution in [0.3, 0.4) is 0 Å². The van der Waals surface area contributed by atoms with Crippen molar-refractivity contribution in [3.05, 3.63) is 170 Å². The number of rotatable bonds is 5. The maximum absolute atomic E-state index is 9.08. The van der Waals surface area contributed by atoms with Crippen LogP contribution in [0, 0.1) is 0 Å². The number of aromatic nitrogens is 4. The molecule has 0 saturated carbocycles. The van der Waals surface area contributed by atoms with Crippen molar-refractivity contribution >= 4 is 53.3 Å². The molecule has 0 unspecified atom stereocenters. The average Bonchev–Trinajstić information content (AvgIpc) is 3.81. The van der Waals surface area contributed by atoms with E-state index >= 15 is 0 Å². The summed E-state index contributed by atoms with van der Waals surface area (Å²) in [5, 5.41) is 2.39. The van der Waals surface area contributed by atoms with Crippen LogP contribution >= 0.6 is 11.3 Å². The summed E-state index contributed by atoms with van der Waals surface area (Å²) in [6.45, 7) is 0. The third-order valence-corrected chi connectivity index (χ3v) is 10.0. The standard InChI is InChI=1S/C45H28N4S/c1-2-14-29(15-3-1)43-46-44(31-17-12-16-30(28-31)32-22-13-23-36-35-20-7-11-27-41(35)50-42(32)36)48-45(47-43)37-21-6-10-26-40(37)49-38-24-8-4-18-33(38)34-19-5-9-25-39(34)49/h1-28H/i4D,7D,11D,13D,20D,22D,23D,27D. The summed E-state index contributed by atoms with van der Waals surface area (Å²) in [4.78, 5) is 15.1. The zero-order valence-electron chi connectivity index (χ0n) is 34.2. The first kappa shape index (κ1) is 21.5. The molecule has 0 radical (unpaired) electrons. The van der Waals surface area contributed by atoms with E-state index in [9.17, 15) is 0 Å². The number of hydrogen-bond acceptors (Lipinski definition) is 4. The molecule has 0 saturated heterocycles. The van der Waals surface area contributed by atoms with Crippen molar-refractivity contribution in [3.8, 4) is 51.0 Å². The van der Waals surface area contributed by atoms with Gasteiger partial charge in [-0.15, -0.1) is 11.3 Å². The van der Waals surface area contributed by atoms with Gasteiger partial charge in [0, 0.05) is 47.6 Å². The molecule has 50 heavy (non-hydrogen) atoms. The van der Waals surface area contributed by atoms with Crippen LogP contribution in [0.2, 0.25) is 0 Å². The van der Waals surface area contributed by atoms with Crippen molar-refractivity contribution in [1.29, 1.82) is 0 Å². The fraction of sp³-hybridized carbons (Fsp3) is 0. The molecule has 3 heterocycles. The van der Waals surface area contributed by atoms with E-state index in [-0.39, 0.29) is 51.7 Å². The van der Waals surface area contributed by atoms with Gasteiger partial charge in [-0.1, -0.05) is 133 Å². The number of hydrogen-bond donors (Lipinski definition) is 0. The third kappa shape index (κ3) is 4.63. The Morgan fingerprint density at radius 1 is 0.460 bits per heavy atom. The number of nitrogens with zero attached hydrogens (tertiary/aromatic N) is 4. The lowest BCUT2D eigenvalue weighted by atomic mass is 10.0. The fourth-order valence-corrected chi connectivity index (χ4v) is 7.75. The molecule has 10 aromatic rings. The molecule has 234 valence electrons. The van der Waals surface area contributed by atoms with E-state index in [0.717, 1.165) is 50.0 Å². The zero-order valence-corrected chi connectivity index (χ0v) is 27.1. The molecular formula is C45H28N4S. The average molecular weight is 665 g/mol. The predicted octanol–water partition coefficient (Wildman–Crippen LogP) is 12.0. The van der Waals surface area contributed by atoms with E-state index in [1.807, 2.05) is 97.1 Å². The smallest absolute Gasteiger partial charge is 0.166 e. The Balaban J connectivity index is 1.21. The van der Waals surface area contributed by atoms with Gasteiger partial charge < -0.3 is 4.57 Å². The van der Waals surface area contributed by atoms with Crippen molar-refractivity contribution in [1.82, 2.24) is 19.5 Å². The molecule has 0 aliphatic rings. The van der Waals surface area contributed by atoms with Crippen LogP contribution in [-0.4, -0.2) is 19.5 Å². The lowest BCUT2D eigenvalue weighted by Gasteiger charge is -2.14. The van der Waals surface area contributed by atoms with Gasteiger partial charge in [-0.3, -0.25) is 0 Å². The van der Waals surface area contributed by atoms with Gasteiger partial charge in [0.1, 0.15) is 0 Å². The Morgan fingerprint density at radius 2 is 1.14 bits per heavy atom. The predicted molar refractivity (Wildman–Crippen MR) is 209 cm³/mol. The highest BCUT2D eigenvalue weighted by Gasteiger charge is 2.19. The van der Waals surface area contributed by atoms with E-state index in [2.05, 4.69) is 16.7 Å². The molecule has 0 N–H and O–H groups in total. The van der Waals surface area contributed by atoms with Crippen molar-refractivity contribution in [2.75, 3.05) is 0 Å². The van der Waals surface area contributed by atoms with Gasteiger partial charge in [-0.2, -0.15) is 0 Å². The first-order chi connectivity index (χ1) is 28.1. The van der Waals surface area contributed by atoms with Gasteiger partial charge in [-0.25, -0.2) is 15.0 Å². The number of fused-ring (bicyclic) bond motifs is 6. The second-order valence-corrected chi connectivity index (χ2v) is 12.8. The lowest BCUT2D eigenvalue weighted by molar-refractivity contribution is 1.06. The highest BCUT2D eigenvalue weighted by atomic mass is 32.1. The molecular weight excluding hydrogens is 629 g/mol. The minimum absolute atomic E-state index is 0.179. The maximum Gasteiger partial charge on any atom is 0.166 e. The quantitative estimate of drug-likeness (QED) is 0.184. The van der Waals surface area contributed by atoms with Gasteiger partial charge >= 0.3 is 0 Å². The van der Waals surface area contributed by atoms with Crippen LogP contribution in [-0.2, 0) is 0 Å². The Morgan fingerprint density at radius 3 is 2.06 bits per heavy atom. The summed E-state index contributed by atoms with van der Waals surface area (Å²) in [5.74, 6) is 1.24. The fourth-order valence-electron chi connectivity index (χ4n) is 6.66. The van der Waals surface area contributed by atoms with Gasteiger partial charge in [0.25, 0.3) is 0 Å². The molecule has 0 aliphatic carbocycles. The van der Waals surface area contributed by atoms with Crippen LogP contribution in [0.1, 0.15) is 11.0 Å². The Hall–Kier alpha value is -6.43. The van der Waals surface area contributed by atoms with Crippen LogP contribution in [0.25, 0.3) is 93.0 Å². The normalized spacial score (nSPS) is 13.8. The summed E-state index contributed by atoms with van der Waals surface area (Å²) in [6, 6.07) is 37.0. The molecule has 7 aromatic carbocycles. The first-order valence-corrected chi connectivity index (χ1v) is 16.9. The van der Waals surface area contributed by atoms with E-state index in [4.69, 9.17) is 25.9 Å². The largest absolute Gasteiger partial charge is 0.309 e. The molecule has 0 aliphatic heterocycles. The van der Waals surface area contributed by atoms with E-state index in [0.29, 0.717) is 44.9 Å². The summed E-state index contributed by atoms with van der Waals surface area (Å²) >= 11 is 1.10. The maximum atomic E-state index is 9.08. The zero-order chi connectivity index (χ0) is 40.0. The Kier molecular flexibility index (Phi) is 5.00. The summed E-state index contributed by atoms with van der Waals surface area (Å²) in [7, 11) is 0. The molecule has 0 bridgehead atoms. The molecule has 10 rings (SSSR count). The minimum Gasteiger partial charge on any atom is -0.309 e. The molecule has 3 aromatic heterocycles. The molecule has 0 spiro atoms. The second kappa shape index (κ2) is 11.6. The van der Waals surface area contributed by atoms with Crippen molar-refractivity contribution < 1.29 is 11.0 Å². The molecule has 0 atom stereocenters. The third-order valence-electron chi connectivity index (χ3n) is 8.92. The SMILES string of the molecule is [2H]c1ccc2c(c1)c1ccccc1n2-c1ccccc1-c1nc(-c2ccccc2)nc(-c2cccc(-c3c([2H])c([2H])c([2H])c4c3sc3c([2H])c([2H])c([2H])c([2H])c34)c2)n1. The number of thiophene rings is 1. The van der Waals surface area contributed by atoms with Crippen LogP contribution in [0.15, 0.2) is 170 Å². The van der Waals surface area contributed by atoms with E-state index in [1.165, 1.54) is 0 Å². The number of para-hydroxylation sites is 3. The van der Waals surface area contributed by atoms with Crippen LogP contribution < -0.4 is 0 Å². The minimum atomic E-state index is -0.414. The van der Waals surface area contributed by atoms with Gasteiger partial charge in [-0.05, 0) is 47.5 Å². The highest BCUT2D eigenvalue weighted by molar-refractivity contribution is 7.26. The summed E-state index contributed by atoms with van der Waals surface area (Å²) in [6.07, 6.45) is 0. The van der Waals surface area contributed by atoms with Crippen molar-refractivity contribution in [2.24, 2.45) is 0 Å². The van der Waals surface area contributed by atoms with Gasteiger partial charge in [0.15, 0.2) is 17.5 Å². The second-order valence-electron chi connectivity index (χ2n) is 11.8. The van der Waals surface area contributed by atoms with E-state index < -0.39 is 6.04 Å². The first-order valence-electron chi connectivity index (χ1n) is 20.0. The molecule has 0 amide bonds. The van der Waals surface area contributed by atoms with Crippen LogP contribution in [0.4, 0.5) is 0 Å². The summed E-state index contributed by atoms with van der Waals surface area (Å²) in [5.41, 5.74) is 5.79.